The molecule has 0 spiro atoms. The van der Waals surface area contributed by atoms with E-state index in [1.54, 1.807) is 16.8 Å². The molecule has 4 rings (SSSR count). The van der Waals surface area contributed by atoms with Crippen LogP contribution in [0, 0.1) is 17.6 Å². The normalized spacial score (nSPS) is 11.1. The minimum atomic E-state index is -0.661. The van der Waals surface area contributed by atoms with Crippen molar-refractivity contribution in [3.63, 3.8) is 0 Å². The maximum atomic E-state index is 14.1. The van der Waals surface area contributed by atoms with Crippen LogP contribution in [0.5, 0.6) is 0 Å². The van der Waals surface area contributed by atoms with Crippen LogP contribution >= 0.6 is 0 Å². The molecule has 0 unspecified atom stereocenters. The Bertz CT molecular complexity index is 1430. The summed E-state index contributed by atoms with van der Waals surface area (Å²) in [5, 5.41) is 6.51. The van der Waals surface area contributed by atoms with E-state index in [2.05, 4.69) is 15.6 Å². The predicted molar refractivity (Wildman–Crippen MR) is 138 cm³/mol. The van der Waals surface area contributed by atoms with E-state index in [0.717, 1.165) is 11.6 Å². The highest BCUT2D eigenvalue weighted by Gasteiger charge is 2.26. The van der Waals surface area contributed by atoms with Crippen LogP contribution in [-0.4, -0.2) is 28.5 Å². The number of amides is 1. The van der Waals surface area contributed by atoms with Gasteiger partial charge in [-0.15, -0.1) is 0 Å². The third-order valence-electron chi connectivity index (χ3n) is 5.79. The monoisotopic (exact) mass is 506 g/mol. The number of esters is 1. The summed E-state index contributed by atoms with van der Waals surface area (Å²) in [6, 6.07) is 14.4. The number of hydrogen-bond donors (Lipinski definition) is 2. The van der Waals surface area contributed by atoms with Gasteiger partial charge < -0.3 is 19.9 Å². The SMILES string of the molecule is COC(=O)c1c(NC(=O)Cc2ccccc2)c2cc(NCc3ccc(F)cc3F)cnc2n1CC(C)C. The molecule has 7 nitrogen and oxygen atoms in total. The van der Waals surface area contributed by atoms with E-state index < -0.39 is 17.6 Å². The van der Waals surface area contributed by atoms with Crippen molar-refractivity contribution in [2.24, 2.45) is 5.92 Å². The summed E-state index contributed by atoms with van der Waals surface area (Å²) in [6.07, 6.45) is 1.69. The Morgan fingerprint density at radius 2 is 1.84 bits per heavy atom. The van der Waals surface area contributed by atoms with Gasteiger partial charge in [-0.1, -0.05) is 50.2 Å². The highest BCUT2D eigenvalue weighted by Crippen LogP contribution is 2.33. The lowest BCUT2D eigenvalue weighted by molar-refractivity contribution is -0.115. The molecule has 2 heterocycles. The maximum Gasteiger partial charge on any atom is 0.356 e. The Morgan fingerprint density at radius 1 is 1.08 bits per heavy atom. The van der Waals surface area contributed by atoms with Crippen molar-refractivity contribution in [2.75, 3.05) is 17.7 Å². The fourth-order valence-electron chi connectivity index (χ4n) is 4.13. The Balaban J connectivity index is 1.74. The molecule has 9 heteroatoms. The largest absolute Gasteiger partial charge is 0.464 e. The number of carbonyl (C=O) groups is 2. The number of anilines is 2. The number of nitrogens with zero attached hydrogens (tertiary/aromatic N) is 2. The van der Waals surface area contributed by atoms with Crippen molar-refractivity contribution in [3.05, 3.63) is 89.2 Å². The van der Waals surface area contributed by atoms with Gasteiger partial charge in [-0.2, -0.15) is 0 Å². The molecule has 0 aliphatic carbocycles. The van der Waals surface area contributed by atoms with E-state index in [1.165, 1.54) is 19.2 Å². The standard InChI is InChI=1S/C28H28F2N4O3/c1-17(2)16-34-26(28(36)37-3)25(33-24(35)11-18-7-5-4-6-8-18)22-13-21(15-32-27(22)34)31-14-19-9-10-20(29)12-23(19)30/h4-10,12-13,15,17,31H,11,14,16H2,1-3H3,(H,33,35). The van der Waals surface area contributed by atoms with E-state index in [9.17, 15) is 18.4 Å². The van der Waals surface area contributed by atoms with Crippen LogP contribution in [0.1, 0.15) is 35.5 Å². The summed E-state index contributed by atoms with van der Waals surface area (Å²) in [6.45, 7) is 4.57. The van der Waals surface area contributed by atoms with E-state index in [-0.39, 0.29) is 36.0 Å². The van der Waals surface area contributed by atoms with Crippen LogP contribution in [0.2, 0.25) is 0 Å². The molecule has 192 valence electrons. The summed E-state index contributed by atoms with van der Waals surface area (Å²) in [5.74, 6) is -2.04. The first-order valence-electron chi connectivity index (χ1n) is 11.9. The van der Waals surface area contributed by atoms with Crippen LogP contribution in [0.25, 0.3) is 11.0 Å². The molecule has 0 fully saturated rings. The fourth-order valence-corrected chi connectivity index (χ4v) is 4.13. The molecule has 0 radical (unpaired) electrons. The molecule has 0 atom stereocenters. The molecule has 0 saturated heterocycles. The zero-order valence-corrected chi connectivity index (χ0v) is 20.8. The summed E-state index contributed by atoms with van der Waals surface area (Å²) < 4.78 is 34.2. The van der Waals surface area contributed by atoms with Gasteiger partial charge in [-0.3, -0.25) is 4.79 Å². The number of fused-ring (bicyclic) bond motifs is 1. The van der Waals surface area contributed by atoms with Crippen LogP contribution < -0.4 is 10.6 Å². The average Bonchev–Trinajstić information content (AvgIpc) is 3.15. The highest BCUT2D eigenvalue weighted by atomic mass is 19.1. The van der Waals surface area contributed by atoms with Crippen LogP contribution in [0.3, 0.4) is 0 Å². The Kier molecular flexibility index (Phi) is 7.81. The average molecular weight is 507 g/mol. The van der Waals surface area contributed by atoms with E-state index in [4.69, 9.17) is 4.74 Å². The number of aromatic nitrogens is 2. The number of methoxy groups -OCH3 is 1. The Morgan fingerprint density at radius 3 is 2.51 bits per heavy atom. The molecular weight excluding hydrogens is 478 g/mol. The summed E-state index contributed by atoms with van der Waals surface area (Å²) in [4.78, 5) is 30.5. The lowest BCUT2D eigenvalue weighted by Gasteiger charge is -2.12. The number of nitrogens with one attached hydrogen (secondary N) is 2. The maximum absolute atomic E-state index is 14.1. The van der Waals surface area contributed by atoms with Gasteiger partial charge >= 0.3 is 5.97 Å². The van der Waals surface area contributed by atoms with Crippen LogP contribution in [0.15, 0.2) is 60.8 Å². The van der Waals surface area contributed by atoms with Gasteiger partial charge in [0.25, 0.3) is 0 Å². The minimum Gasteiger partial charge on any atom is -0.464 e. The second-order valence-corrected chi connectivity index (χ2v) is 9.11. The molecule has 2 N–H and O–H groups in total. The van der Waals surface area contributed by atoms with Gasteiger partial charge in [0.2, 0.25) is 5.91 Å². The van der Waals surface area contributed by atoms with Gasteiger partial charge in [0.15, 0.2) is 5.69 Å². The third-order valence-corrected chi connectivity index (χ3v) is 5.79. The molecule has 4 aromatic rings. The van der Waals surface area contributed by atoms with E-state index >= 15 is 0 Å². The Labute approximate surface area is 213 Å². The Hall–Kier alpha value is -4.27. The van der Waals surface area contributed by atoms with Crippen LogP contribution in [0.4, 0.5) is 20.2 Å². The quantitative estimate of drug-likeness (QED) is 0.291. The van der Waals surface area contributed by atoms with Crippen molar-refractivity contribution in [3.8, 4) is 0 Å². The number of benzene rings is 2. The van der Waals surface area contributed by atoms with Crippen molar-refractivity contribution >= 4 is 34.3 Å². The molecular formula is C28H28F2N4O3. The van der Waals surface area contributed by atoms with Crippen molar-refractivity contribution < 1.29 is 23.1 Å². The van der Waals surface area contributed by atoms with Gasteiger partial charge in [-0.05, 0) is 23.6 Å². The number of hydrogen-bond acceptors (Lipinski definition) is 5. The first-order chi connectivity index (χ1) is 17.8. The highest BCUT2D eigenvalue weighted by molar-refractivity contribution is 6.11. The molecule has 2 aromatic carbocycles. The number of carbonyl (C=O) groups excluding carboxylic acids is 2. The predicted octanol–water partition coefficient (Wildman–Crippen LogP) is 5.55. The molecule has 0 aliphatic heterocycles. The third kappa shape index (κ3) is 5.94. The van der Waals surface area contributed by atoms with Gasteiger partial charge in [0.05, 0.1) is 31.1 Å². The molecule has 0 aliphatic rings. The lowest BCUT2D eigenvalue weighted by Crippen LogP contribution is -2.19. The smallest absolute Gasteiger partial charge is 0.356 e. The summed E-state index contributed by atoms with van der Waals surface area (Å²) in [7, 11) is 1.28. The lowest BCUT2D eigenvalue weighted by atomic mass is 10.1. The fraction of sp³-hybridized carbons (Fsp3) is 0.250. The molecule has 0 bridgehead atoms. The first-order valence-corrected chi connectivity index (χ1v) is 11.9. The summed E-state index contributed by atoms with van der Waals surface area (Å²) in [5.41, 5.74) is 2.64. The second-order valence-electron chi connectivity index (χ2n) is 9.11. The van der Waals surface area contributed by atoms with E-state index in [1.807, 2.05) is 44.2 Å². The van der Waals surface area contributed by atoms with Gasteiger partial charge in [-0.25, -0.2) is 18.6 Å². The summed E-state index contributed by atoms with van der Waals surface area (Å²) >= 11 is 0. The number of pyridine rings is 1. The first kappa shape index (κ1) is 25.8. The van der Waals surface area contributed by atoms with Crippen molar-refractivity contribution in [2.45, 2.75) is 33.4 Å². The second kappa shape index (κ2) is 11.2. The molecule has 0 saturated carbocycles. The molecule has 37 heavy (non-hydrogen) atoms. The zero-order chi connectivity index (χ0) is 26.5. The molecule has 2 aromatic heterocycles. The zero-order valence-electron chi connectivity index (χ0n) is 20.8. The minimum absolute atomic E-state index is 0.0889. The molecule has 1 amide bonds. The number of ether oxygens (including phenoxy) is 1. The number of rotatable bonds is 9. The number of halogens is 2. The van der Waals surface area contributed by atoms with E-state index in [0.29, 0.717) is 29.0 Å². The van der Waals surface area contributed by atoms with Crippen molar-refractivity contribution in [1.82, 2.24) is 9.55 Å². The van der Waals surface area contributed by atoms with Gasteiger partial charge in [0, 0.05) is 30.1 Å². The van der Waals surface area contributed by atoms with Gasteiger partial charge in [0.1, 0.15) is 17.3 Å². The van der Waals surface area contributed by atoms with Crippen LogP contribution in [-0.2, 0) is 29.0 Å². The topological polar surface area (TPSA) is 85.2 Å². The van der Waals surface area contributed by atoms with Crippen molar-refractivity contribution in [1.29, 1.82) is 0 Å².